The van der Waals surface area contributed by atoms with E-state index in [2.05, 4.69) is 20.8 Å². The van der Waals surface area contributed by atoms with Crippen molar-refractivity contribution in [3.05, 3.63) is 48.4 Å². The molecule has 3 aromatic rings. The van der Waals surface area contributed by atoms with E-state index in [-0.39, 0.29) is 11.7 Å². The van der Waals surface area contributed by atoms with E-state index in [1.807, 2.05) is 55.4 Å². The van der Waals surface area contributed by atoms with Gasteiger partial charge in [-0.1, -0.05) is 11.8 Å². The van der Waals surface area contributed by atoms with Crippen LogP contribution >= 0.6 is 11.8 Å². The van der Waals surface area contributed by atoms with Crippen LogP contribution in [0.1, 0.15) is 5.76 Å². The maximum Gasteiger partial charge on any atom is 0.234 e. The Labute approximate surface area is 149 Å². The van der Waals surface area contributed by atoms with Crippen molar-refractivity contribution >= 4 is 29.0 Å². The normalized spacial score (nSPS) is 10.6. The maximum atomic E-state index is 12.1. The smallest absolute Gasteiger partial charge is 0.234 e. The van der Waals surface area contributed by atoms with Crippen molar-refractivity contribution in [2.24, 2.45) is 0 Å². The lowest BCUT2D eigenvalue weighted by Gasteiger charge is -2.13. The lowest BCUT2D eigenvalue weighted by atomic mass is 10.2. The van der Waals surface area contributed by atoms with E-state index < -0.39 is 0 Å². The molecule has 0 aliphatic heterocycles. The first-order valence-electron chi connectivity index (χ1n) is 7.60. The van der Waals surface area contributed by atoms with Crippen LogP contribution in [0.4, 0.5) is 11.4 Å². The quantitative estimate of drug-likeness (QED) is 0.647. The first kappa shape index (κ1) is 17.0. The zero-order valence-corrected chi connectivity index (χ0v) is 14.7. The number of amides is 1. The third-order valence-corrected chi connectivity index (χ3v) is 4.34. The number of tetrazole rings is 1. The zero-order valence-electron chi connectivity index (χ0n) is 13.9. The van der Waals surface area contributed by atoms with Gasteiger partial charge in [0, 0.05) is 25.5 Å². The van der Waals surface area contributed by atoms with Crippen molar-refractivity contribution in [3.8, 4) is 0 Å². The number of rotatable bonds is 7. The van der Waals surface area contributed by atoms with Crippen molar-refractivity contribution in [3.63, 3.8) is 0 Å². The summed E-state index contributed by atoms with van der Waals surface area (Å²) in [5.74, 6) is 0.850. The Kier molecular flexibility index (Phi) is 5.34. The number of aromatic nitrogens is 4. The monoisotopic (exact) mass is 358 g/mol. The molecule has 0 fully saturated rings. The molecule has 25 heavy (non-hydrogen) atoms. The number of carbonyl (C=O) groups excluding carboxylic acids is 1. The Morgan fingerprint density at radius 1 is 1.28 bits per heavy atom. The molecule has 0 bridgehead atoms. The average Bonchev–Trinajstić information content (AvgIpc) is 3.26. The highest BCUT2D eigenvalue weighted by Gasteiger charge is 2.11. The van der Waals surface area contributed by atoms with E-state index in [1.165, 1.54) is 11.8 Å². The van der Waals surface area contributed by atoms with Crippen molar-refractivity contribution in [1.29, 1.82) is 0 Å². The van der Waals surface area contributed by atoms with Gasteiger partial charge in [0.15, 0.2) is 0 Å². The summed E-state index contributed by atoms with van der Waals surface area (Å²) < 4.78 is 6.88. The molecule has 0 saturated heterocycles. The van der Waals surface area contributed by atoms with E-state index >= 15 is 0 Å². The van der Waals surface area contributed by atoms with Gasteiger partial charge in [0.2, 0.25) is 11.1 Å². The Bertz CT molecular complexity index is 814. The fourth-order valence-corrected chi connectivity index (χ4v) is 2.80. The van der Waals surface area contributed by atoms with E-state index in [1.54, 1.807) is 10.9 Å². The van der Waals surface area contributed by atoms with Crippen LogP contribution in [0.3, 0.4) is 0 Å². The van der Waals surface area contributed by atoms with E-state index in [9.17, 15) is 4.79 Å². The van der Waals surface area contributed by atoms with E-state index in [4.69, 9.17) is 4.42 Å². The maximum absolute atomic E-state index is 12.1. The van der Waals surface area contributed by atoms with Gasteiger partial charge in [-0.2, -0.15) is 0 Å². The first-order chi connectivity index (χ1) is 12.1. The predicted octanol–water partition coefficient (Wildman–Crippen LogP) is 2.11. The molecular formula is C16H18N6O2S. The van der Waals surface area contributed by atoms with Crippen LogP contribution in [0.5, 0.6) is 0 Å². The summed E-state index contributed by atoms with van der Waals surface area (Å²) in [4.78, 5) is 14.1. The second kappa shape index (κ2) is 7.84. The second-order valence-corrected chi connectivity index (χ2v) is 6.42. The average molecular weight is 358 g/mol. The summed E-state index contributed by atoms with van der Waals surface area (Å²) >= 11 is 1.28. The van der Waals surface area contributed by atoms with Gasteiger partial charge in [-0.15, -0.1) is 5.10 Å². The van der Waals surface area contributed by atoms with E-state index in [0.29, 0.717) is 11.7 Å². The molecule has 2 aromatic heterocycles. The number of anilines is 2. The molecule has 9 heteroatoms. The summed E-state index contributed by atoms with van der Waals surface area (Å²) in [5.41, 5.74) is 1.83. The van der Waals surface area contributed by atoms with Crippen molar-refractivity contribution < 1.29 is 9.21 Å². The highest BCUT2D eigenvalue weighted by Crippen LogP contribution is 2.18. The van der Waals surface area contributed by atoms with Crippen LogP contribution in [0.25, 0.3) is 0 Å². The minimum Gasteiger partial charge on any atom is -0.467 e. The molecule has 2 heterocycles. The Balaban J connectivity index is 1.53. The third-order valence-electron chi connectivity index (χ3n) is 3.38. The number of hydrogen-bond donors (Lipinski definition) is 1. The Morgan fingerprint density at radius 2 is 2.08 bits per heavy atom. The van der Waals surface area contributed by atoms with Crippen molar-refractivity contribution in [2.45, 2.75) is 11.7 Å². The minimum atomic E-state index is -0.116. The molecule has 0 saturated carbocycles. The lowest BCUT2D eigenvalue weighted by Crippen LogP contribution is -2.15. The number of nitrogens with zero attached hydrogens (tertiary/aromatic N) is 5. The molecule has 0 aliphatic carbocycles. The Morgan fingerprint density at radius 3 is 2.76 bits per heavy atom. The molecule has 1 amide bonds. The minimum absolute atomic E-state index is 0.116. The molecule has 130 valence electrons. The standard InChI is InChI=1S/C16H18N6O2S/c1-21(2)13-7-5-12(6-8-13)17-15(23)11-25-16-18-19-20-22(16)10-14-4-3-9-24-14/h3-9H,10-11H2,1-2H3,(H,17,23). The van der Waals surface area contributed by atoms with Crippen LogP contribution < -0.4 is 10.2 Å². The summed E-state index contributed by atoms with van der Waals surface area (Å²) in [5, 5.41) is 14.9. The van der Waals surface area contributed by atoms with Gasteiger partial charge in [0.1, 0.15) is 12.3 Å². The van der Waals surface area contributed by atoms with Gasteiger partial charge >= 0.3 is 0 Å². The van der Waals surface area contributed by atoms with Crippen LogP contribution in [-0.4, -0.2) is 46.0 Å². The number of furan rings is 1. The van der Waals surface area contributed by atoms with Crippen LogP contribution in [0, 0.1) is 0 Å². The lowest BCUT2D eigenvalue weighted by molar-refractivity contribution is -0.113. The summed E-state index contributed by atoms with van der Waals surface area (Å²) in [7, 11) is 3.94. The fourth-order valence-electron chi connectivity index (χ4n) is 2.12. The number of benzene rings is 1. The SMILES string of the molecule is CN(C)c1ccc(NC(=O)CSc2nnnn2Cc2ccco2)cc1. The van der Waals surface area contributed by atoms with Gasteiger partial charge in [-0.05, 0) is 46.8 Å². The molecule has 0 aliphatic rings. The van der Waals surface area contributed by atoms with Crippen molar-refractivity contribution in [1.82, 2.24) is 20.2 Å². The zero-order chi connectivity index (χ0) is 17.6. The van der Waals surface area contributed by atoms with Crippen LogP contribution in [0.15, 0.2) is 52.2 Å². The molecular weight excluding hydrogens is 340 g/mol. The summed E-state index contributed by atoms with van der Waals surface area (Å²) in [6.07, 6.45) is 1.60. The van der Waals surface area contributed by atoms with Crippen LogP contribution in [-0.2, 0) is 11.3 Å². The first-order valence-corrected chi connectivity index (χ1v) is 8.59. The predicted molar refractivity (Wildman–Crippen MR) is 95.7 cm³/mol. The van der Waals surface area contributed by atoms with E-state index in [0.717, 1.165) is 17.1 Å². The number of thioether (sulfide) groups is 1. The highest BCUT2D eigenvalue weighted by molar-refractivity contribution is 7.99. The molecule has 1 N–H and O–H groups in total. The molecule has 1 aromatic carbocycles. The molecule has 3 rings (SSSR count). The summed E-state index contributed by atoms with van der Waals surface area (Å²) in [6.45, 7) is 0.427. The topological polar surface area (TPSA) is 89.1 Å². The number of hydrogen-bond acceptors (Lipinski definition) is 7. The number of carbonyl (C=O) groups is 1. The molecule has 0 spiro atoms. The largest absolute Gasteiger partial charge is 0.467 e. The van der Waals surface area contributed by atoms with Gasteiger partial charge in [-0.3, -0.25) is 4.79 Å². The third kappa shape index (κ3) is 4.60. The fraction of sp³-hybridized carbons (Fsp3) is 0.250. The summed E-state index contributed by atoms with van der Waals surface area (Å²) in [6, 6.07) is 11.3. The highest BCUT2D eigenvalue weighted by atomic mass is 32.2. The molecule has 0 atom stereocenters. The molecule has 8 nitrogen and oxygen atoms in total. The van der Waals surface area contributed by atoms with Crippen LogP contribution in [0.2, 0.25) is 0 Å². The van der Waals surface area contributed by atoms with Gasteiger partial charge in [0.05, 0.1) is 12.0 Å². The number of nitrogens with one attached hydrogen (secondary N) is 1. The van der Waals surface area contributed by atoms with Gasteiger partial charge < -0.3 is 14.6 Å². The Hall–Kier alpha value is -2.81. The second-order valence-electron chi connectivity index (χ2n) is 5.48. The van der Waals surface area contributed by atoms with Gasteiger partial charge in [0.25, 0.3) is 0 Å². The molecule has 0 unspecified atom stereocenters. The molecule has 0 radical (unpaired) electrons. The van der Waals surface area contributed by atoms with Crippen molar-refractivity contribution in [2.75, 3.05) is 30.1 Å². The van der Waals surface area contributed by atoms with Gasteiger partial charge in [-0.25, -0.2) is 4.68 Å².